The fourth-order valence-electron chi connectivity index (χ4n) is 1.64. The van der Waals surface area contributed by atoms with Crippen molar-refractivity contribution in [1.82, 2.24) is 5.16 Å². The molecule has 94 valence electrons. The fourth-order valence-corrected chi connectivity index (χ4v) is 1.64. The first-order chi connectivity index (χ1) is 8.56. The zero-order chi connectivity index (χ0) is 13.1. The fraction of sp³-hybridized carbons (Fsp3) is 0.286. The van der Waals surface area contributed by atoms with Gasteiger partial charge in [0, 0.05) is 11.8 Å². The van der Waals surface area contributed by atoms with Gasteiger partial charge in [-0.15, -0.1) is 0 Å². The van der Waals surface area contributed by atoms with Crippen LogP contribution in [-0.2, 0) is 0 Å². The first kappa shape index (κ1) is 12.4. The molecule has 1 amide bonds. The molecule has 4 nitrogen and oxygen atoms in total. The number of carbonyl (C=O) groups is 1. The van der Waals surface area contributed by atoms with E-state index in [9.17, 15) is 4.79 Å². The van der Waals surface area contributed by atoms with Crippen LogP contribution >= 0.6 is 0 Å². The van der Waals surface area contributed by atoms with E-state index in [4.69, 9.17) is 4.52 Å². The average molecular weight is 244 g/mol. The maximum atomic E-state index is 11.9. The Labute approximate surface area is 106 Å². The summed E-state index contributed by atoms with van der Waals surface area (Å²) in [7, 11) is 0. The third-order valence-corrected chi connectivity index (χ3v) is 2.66. The van der Waals surface area contributed by atoms with Crippen LogP contribution in [0.25, 0.3) is 0 Å². The highest BCUT2D eigenvalue weighted by Gasteiger charge is 2.12. The molecule has 0 saturated heterocycles. The minimum atomic E-state index is -0.281. The van der Waals surface area contributed by atoms with E-state index < -0.39 is 0 Å². The van der Waals surface area contributed by atoms with Gasteiger partial charge >= 0.3 is 0 Å². The Bertz CT molecular complexity index is 558. The molecule has 0 spiro atoms. The minimum Gasteiger partial charge on any atom is -0.351 e. The molecule has 0 radical (unpaired) electrons. The lowest BCUT2D eigenvalue weighted by Crippen LogP contribution is -2.11. The van der Waals surface area contributed by atoms with Gasteiger partial charge in [0.05, 0.1) is 5.69 Å². The normalized spacial score (nSPS) is 10.7. The van der Waals surface area contributed by atoms with Gasteiger partial charge in [0.25, 0.3) is 5.91 Å². The topological polar surface area (TPSA) is 55.1 Å². The summed E-state index contributed by atoms with van der Waals surface area (Å²) in [4.78, 5) is 11.9. The number of hydrogen-bond donors (Lipinski definition) is 1. The second-order valence-corrected chi connectivity index (χ2v) is 4.57. The lowest BCUT2D eigenvalue weighted by atomic mass is 10.0. The molecule has 1 heterocycles. The van der Waals surface area contributed by atoms with E-state index in [0.717, 1.165) is 5.69 Å². The molecular weight excluding hydrogens is 228 g/mol. The van der Waals surface area contributed by atoms with Crippen molar-refractivity contribution in [3.8, 4) is 0 Å². The quantitative estimate of drug-likeness (QED) is 0.900. The van der Waals surface area contributed by atoms with E-state index in [0.29, 0.717) is 11.6 Å². The Morgan fingerprint density at radius 1 is 1.33 bits per heavy atom. The Morgan fingerprint density at radius 2 is 2.11 bits per heavy atom. The van der Waals surface area contributed by atoms with E-state index in [-0.39, 0.29) is 11.7 Å². The van der Waals surface area contributed by atoms with Crippen molar-refractivity contribution in [3.05, 3.63) is 47.3 Å². The molecule has 18 heavy (non-hydrogen) atoms. The van der Waals surface area contributed by atoms with E-state index in [1.165, 1.54) is 5.56 Å². The number of hydrogen-bond acceptors (Lipinski definition) is 3. The molecule has 1 N–H and O–H groups in total. The predicted molar refractivity (Wildman–Crippen MR) is 69.7 cm³/mol. The summed E-state index contributed by atoms with van der Waals surface area (Å²) in [6.07, 6.45) is 0. The summed E-state index contributed by atoms with van der Waals surface area (Å²) in [5.41, 5.74) is 2.64. The van der Waals surface area contributed by atoms with E-state index in [1.807, 2.05) is 24.3 Å². The van der Waals surface area contributed by atoms with Gasteiger partial charge in [-0.3, -0.25) is 4.79 Å². The molecule has 1 aromatic heterocycles. The minimum absolute atomic E-state index is 0.224. The second-order valence-electron chi connectivity index (χ2n) is 4.57. The largest absolute Gasteiger partial charge is 0.351 e. The zero-order valence-electron chi connectivity index (χ0n) is 10.7. The van der Waals surface area contributed by atoms with Gasteiger partial charge in [0.2, 0.25) is 5.76 Å². The lowest BCUT2D eigenvalue weighted by molar-refractivity contribution is 0.0988. The van der Waals surface area contributed by atoms with Crippen LogP contribution in [0.2, 0.25) is 0 Å². The van der Waals surface area contributed by atoms with Crippen LogP contribution in [0.15, 0.2) is 34.9 Å². The van der Waals surface area contributed by atoms with Crippen LogP contribution in [0, 0.1) is 6.92 Å². The lowest BCUT2D eigenvalue weighted by Gasteiger charge is -2.08. The Balaban J connectivity index is 2.14. The maximum Gasteiger partial charge on any atom is 0.294 e. The molecule has 4 heteroatoms. The highest BCUT2D eigenvalue weighted by molar-refractivity contribution is 6.02. The van der Waals surface area contributed by atoms with Crippen molar-refractivity contribution < 1.29 is 9.32 Å². The first-order valence-corrected chi connectivity index (χ1v) is 5.91. The third kappa shape index (κ3) is 2.77. The summed E-state index contributed by atoms with van der Waals surface area (Å²) >= 11 is 0. The number of amides is 1. The number of nitrogens with one attached hydrogen (secondary N) is 1. The van der Waals surface area contributed by atoms with Crippen LogP contribution in [0.3, 0.4) is 0 Å². The highest BCUT2D eigenvalue weighted by atomic mass is 16.5. The molecule has 0 fully saturated rings. The van der Waals surface area contributed by atoms with Crippen molar-refractivity contribution in [1.29, 1.82) is 0 Å². The third-order valence-electron chi connectivity index (χ3n) is 2.66. The van der Waals surface area contributed by atoms with E-state index >= 15 is 0 Å². The second kappa shape index (κ2) is 5.04. The Kier molecular flexibility index (Phi) is 3.46. The number of aromatic nitrogens is 1. The molecule has 2 rings (SSSR count). The monoisotopic (exact) mass is 244 g/mol. The number of rotatable bonds is 3. The van der Waals surface area contributed by atoms with E-state index in [2.05, 4.69) is 24.3 Å². The van der Waals surface area contributed by atoms with Gasteiger partial charge in [-0.1, -0.05) is 31.1 Å². The number of nitrogens with zero attached hydrogens (tertiary/aromatic N) is 1. The Morgan fingerprint density at radius 3 is 2.72 bits per heavy atom. The molecule has 0 atom stereocenters. The van der Waals surface area contributed by atoms with Crippen LogP contribution < -0.4 is 5.32 Å². The summed E-state index contributed by atoms with van der Waals surface area (Å²) in [5.74, 6) is 0.369. The maximum absolute atomic E-state index is 11.9. The van der Waals surface area contributed by atoms with Gasteiger partial charge in [-0.05, 0) is 30.5 Å². The molecular formula is C14H16N2O2. The van der Waals surface area contributed by atoms with Crippen LogP contribution in [-0.4, -0.2) is 11.1 Å². The van der Waals surface area contributed by atoms with Crippen molar-refractivity contribution in [3.63, 3.8) is 0 Å². The van der Waals surface area contributed by atoms with Crippen molar-refractivity contribution in [2.24, 2.45) is 0 Å². The van der Waals surface area contributed by atoms with Gasteiger partial charge < -0.3 is 9.84 Å². The van der Waals surface area contributed by atoms with Gasteiger partial charge in [-0.2, -0.15) is 0 Å². The number of anilines is 1. The average Bonchev–Trinajstić information content (AvgIpc) is 2.76. The standard InChI is InChI=1S/C14H16N2O2/c1-9(2)11-5-4-6-12(8-11)15-14(17)13-7-10(3)16-18-13/h4-9H,1-3H3,(H,15,17). The highest BCUT2D eigenvalue weighted by Crippen LogP contribution is 2.19. The van der Waals surface area contributed by atoms with Gasteiger partial charge in [-0.25, -0.2) is 0 Å². The van der Waals surface area contributed by atoms with Gasteiger partial charge in [0.15, 0.2) is 0 Å². The number of benzene rings is 1. The number of aryl methyl sites for hydroxylation is 1. The SMILES string of the molecule is Cc1cc(C(=O)Nc2cccc(C(C)C)c2)on1. The van der Waals surface area contributed by atoms with Crippen molar-refractivity contribution in [2.75, 3.05) is 5.32 Å². The summed E-state index contributed by atoms with van der Waals surface area (Å²) in [6.45, 7) is 6.00. The summed E-state index contributed by atoms with van der Waals surface area (Å²) in [6, 6.07) is 9.40. The number of carbonyl (C=O) groups excluding carboxylic acids is 1. The van der Waals surface area contributed by atoms with Crippen LogP contribution in [0.5, 0.6) is 0 Å². The zero-order valence-corrected chi connectivity index (χ0v) is 10.7. The molecule has 0 aliphatic heterocycles. The molecule has 0 saturated carbocycles. The summed E-state index contributed by atoms with van der Waals surface area (Å²) < 4.78 is 4.91. The van der Waals surface area contributed by atoms with Crippen molar-refractivity contribution >= 4 is 11.6 Å². The van der Waals surface area contributed by atoms with E-state index in [1.54, 1.807) is 13.0 Å². The smallest absolute Gasteiger partial charge is 0.294 e. The summed E-state index contributed by atoms with van der Waals surface area (Å²) in [5, 5.41) is 6.48. The van der Waals surface area contributed by atoms with Crippen LogP contribution in [0.1, 0.15) is 41.6 Å². The first-order valence-electron chi connectivity index (χ1n) is 5.91. The van der Waals surface area contributed by atoms with Crippen molar-refractivity contribution in [2.45, 2.75) is 26.7 Å². The molecule has 2 aromatic rings. The molecule has 0 aliphatic carbocycles. The molecule has 0 bridgehead atoms. The van der Waals surface area contributed by atoms with Crippen LogP contribution in [0.4, 0.5) is 5.69 Å². The molecule has 1 aromatic carbocycles. The van der Waals surface area contributed by atoms with Gasteiger partial charge in [0.1, 0.15) is 0 Å². The molecule has 0 unspecified atom stereocenters. The Hall–Kier alpha value is -2.10. The molecule has 0 aliphatic rings. The predicted octanol–water partition coefficient (Wildman–Crippen LogP) is 3.36.